The largest absolute Gasteiger partial charge is 0.310 e. The zero-order chi connectivity index (χ0) is 31.4. The molecule has 3 heterocycles. The maximum Gasteiger partial charge on any atom is 0.0583 e. The summed E-state index contributed by atoms with van der Waals surface area (Å²) in [6.07, 6.45) is 0. The first-order valence-electron chi connectivity index (χ1n) is 16.2. The summed E-state index contributed by atoms with van der Waals surface area (Å²) in [5, 5.41) is 0. The average Bonchev–Trinajstić information content (AvgIpc) is 3.08. The highest BCUT2D eigenvalue weighted by Crippen LogP contribution is 2.65. The summed E-state index contributed by atoms with van der Waals surface area (Å²) in [4.78, 5) is 4.98. The first-order chi connectivity index (χ1) is 22.3. The summed E-state index contributed by atoms with van der Waals surface area (Å²) < 4.78 is 0. The molecule has 0 aliphatic carbocycles. The highest BCUT2D eigenvalue weighted by Gasteiger charge is 2.49. The highest BCUT2D eigenvalue weighted by atomic mass is 15.2. The SMILES string of the molecule is C=C1c2cc(-c3ccccc3)cc3c2N2c4c1cc(N(c1ccccc1)c1ccccc1)cc4C(C)(C)c1cccc(c12)C3(C)C. The standard InChI is InChI=1S/C44H36N2/c1-28-34-24-30(29-16-9-6-10-17-29)25-38-40(34)46-41-35(28)26-33(45(31-18-11-7-12-19-31)32-20-13-8-14-21-32)27-39(41)44(4,5)37-23-15-22-36(42(37)46)43(38,2)3/h6-27H,1H2,2-5H3. The summed E-state index contributed by atoms with van der Waals surface area (Å²) in [6.45, 7) is 14.5. The molecule has 6 aromatic rings. The van der Waals surface area contributed by atoms with Gasteiger partial charge in [0.1, 0.15) is 0 Å². The van der Waals surface area contributed by atoms with Crippen LogP contribution in [0.25, 0.3) is 16.7 Å². The van der Waals surface area contributed by atoms with Crippen molar-refractivity contribution in [3.05, 3.63) is 173 Å². The van der Waals surface area contributed by atoms with Gasteiger partial charge < -0.3 is 9.80 Å². The van der Waals surface area contributed by atoms with Gasteiger partial charge in [-0.1, -0.05) is 119 Å². The maximum absolute atomic E-state index is 4.88. The lowest BCUT2D eigenvalue weighted by Crippen LogP contribution is -2.40. The molecule has 0 N–H and O–H groups in total. The molecular formula is C44H36N2. The second kappa shape index (κ2) is 9.34. The van der Waals surface area contributed by atoms with Crippen LogP contribution in [0.5, 0.6) is 0 Å². The molecule has 2 heteroatoms. The van der Waals surface area contributed by atoms with E-state index < -0.39 is 0 Å². The predicted octanol–water partition coefficient (Wildman–Crippen LogP) is 11.9. The second-order valence-corrected chi connectivity index (χ2v) is 13.9. The van der Waals surface area contributed by atoms with Gasteiger partial charge in [0, 0.05) is 39.0 Å². The smallest absolute Gasteiger partial charge is 0.0583 e. The molecule has 46 heavy (non-hydrogen) atoms. The lowest BCUT2D eigenvalue weighted by Gasteiger charge is -2.53. The van der Waals surface area contributed by atoms with Crippen LogP contribution in [0.3, 0.4) is 0 Å². The van der Waals surface area contributed by atoms with E-state index in [-0.39, 0.29) is 10.8 Å². The van der Waals surface area contributed by atoms with Crippen molar-refractivity contribution in [1.29, 1.82) is 0 Å². The highest BCUT2D eigenvalue weighted by molar-refractivity contribution is 6.08. The van der Waals surface area contributed by atoms with Crippen molar-refractivity contribution in [1.82, 2.24) is 0 Å². The molecule has 9 rings (SSSR count). The molecule has 0 bridgehead atoms. The molecule has 0 aromatic heterocycles. The van der Waals surface area contributed by atoms with E-state index in [0.717, 1.165) is 22.6 Å². The second-order valence-electron chi connectivity index (χ2n) is 13.9. The van der Waals surface area contributed by atoms with Crippen molar-refractivity contribution in [2.45, 2.75) is 38.5 Å². The van der Waals surface area contributed by atoms with Crippen molar-refractivity contribution < 1.29 is 0 Å². The summed E-state index contributed by atoms with van der Waals surface area (Å²) >= 11 is 0. The Hall–Kier alpha value is -5.34. The third-order valence-corrected chi connectivity index (χ3v) is 10.6. The van der Waals surface area contributed by atoms with E-state index in [9.17, 15) is 0 Å². The fraction of sp³-hybridized carbons (Fsp3) is 0.136. The van der Waals surface area contributed by atoms with Crippen LogP contribution in [-0.4, -0.2) is 0 Å². The van der Waals surface area contributed by atoms with Gasteiger partial charge in [-0.05, 0) is 87.5 Å². The van der Waals surface area contributed by atoms with Crippen LogP contribution in [0.4, 0.5) is 34.1 Å². The van der Waals surface area contributed by atoms with Gasteiger partial charge in [0.25, 0.3) is 0 Å². The predicted molar refractivity (Wildman–Crippen MR) is 194 cm³/mol. The van der Waals surface area contributed by atoms with Crippen LogP contribution in [-0.2, 0) is 10.8 Å². The van der Waals surface area contributed by atoms with E-state index >= 15 is 0 Å². The van der Waals surface area contributed by atoms with Crippen LogP contribution >= 0.6 is 0 Å². The minimum atomic E-state index is -0.226. The molecule has 0 spiro atoms. The van der Waals surface area contributed by atoms with Gasteiger partial charge >= 0.3 is 0 Å². The molecule has 6 aromatic carbocycles. The Balaban J connectivity index is 1.38. The quantitative estimate of drug-likeness (QED) is 0.201. The molecule has 0 amide bonds. The van der Waals surface area contributed by atoms with E-state index in [0.29, 0.717) is 0 Å². The molecule has 0 saturated heterocycles. The summed E-state index contributed by atoms with van der Waals surface area (Å²) in [5.74, 6) is 0. The fourth-order valence-electron chi connectivity index (χ4n) is 8.24. The number of hydrogen-bond donors (Lipinski definition) is 0. The van der Waals surface area contributed by atoms with E-state index in [2.05, 4.69) is 171 Å². The summed E-state index contributed by atoms with van der Waals surface area (Å²) in [7, 11) is 0. The fourth-order valence-corrected chi connectivity index (χ4v) is 8.24. The topological polar surface area (TPSA) is 6.48 Å². The van der Waals surface area contributed by atoms with E-state index in [1.54, 1.807) is 0 Å². The molecular weight excluding hydrogens is 556 g/mol. The molecule has 0 atom stereocenters. The Morgan fingerprint density at radius 1 is 0.457 bits per heavy atom. The minimum Gasteiger partial charge on any atom is -0.310 e. The Morgan fingerprint density at radius 2 is 0.957 bits per heavy atom. The molecule has 0 saturated carbocycles. The van der Waals surface area contributed by atoms with Crippen LogP contribution in [0, 0.1) is 0 Å². The van der Waals surface area contributed by atoms with Gasteiger partial charge in [0.05, 0.1) is 17.1 Å². The number of rotatable bonds is 4. The Kier molecular flexibility index (Phi) is 5.48. The van der Waals surface area contributed by atoms with Crippen molar-refractivity contribution >= 4 is 39.7 Å². The molecule has 3 aliphatic rings. The van der Waals surface area contributed by atoms with Crippen molar-refractivity contribution in [3.63, 3.8) is 0 Å². The van der Waals surface area contributed by atoms with Gasteiger partial charge in [0.2, 0.25) is 0 Å². The zero-order valence-corrected chi connectivity index (χ0v) is 26.8. The monoisotopic (exact) mass is 592 g/mol. The minimum absolute atomic E-state index is 0.181. The maximum atomic E-state index is 4.88. The normalized spacial score (nSPS) is 15.7. The van der Waals surface area contributed by atoms with Gasteiger partial charge in [-0.2, -0.15) is 0 Å². The van der Waals surface area contributed by atoms with Crippen LogP contribution in [0.2, 0.25) is 0 Å². The summed E-state index contributed by atoms with van der Waals surface area (Å²) in [5.41, 5.74) is 18.3. The van der Waals surface area contributed by atoms with Crippen molar-refractivity contribution in [3.8, 4) is 11.1 Å². The lowest BCUT2D eigenvalue weighted by atomic mass is 9.63. The first-order valence-corrected chi connectivity index (χ1v) is 16.2. The molecule has 222 valence electrons. The number of benzene rings is 6. The third kappa shape index (κ3) is 3.53. The Labute approximate surface area is 271 Å². The Bertz CT molecular complexity index is 2170. The van der Waals surface area contributed by atoms with E-state index in [1.807, 2.05) is 0 Å². The molecule has 3 aliphatic heterocycles. The van der Waals surface area contributed by atoms with Crippen molar-refractivity contribution in [2.24, 2.45) is 0 Å². The van der Waals surface area contributed by atoms with Crippen molar-refractivity contribution in [2.75, 3.05) is 9.80 Å². The number of para-hydroxylation sites is 3. The van der Waals surface area contributed by atoms with Crippen LogP contribution < -0.4 is 9.80 Å². The summed E-state index contributed by atoms with van der Waals surface area (Å²) in [6, 6.07) is 48.8. The Morgan fingerprint density at radius 3 is 1.52 bits per heavy atom. The van der Waals surface area contributed by atoms with Crippen LogP contribution in [0.1, 0.15) is 61.1 Å². The number of hydrogen-bond acceptors (Lipinski definition) is 2. The lowest BCUT2D eigenvalue weighted by molar-refractivity contribution is 0.596. The van der Waals surface area contributed by atoms with Gasteiger partial charge in [0.15, 0.2) is 0 Å². The molecule has 0 radical (unpaired) electrons. The van der Waals surface area contributed by atoms with Gasteiger partial charge in [-0.25, -0.2) is 0 Å². The van der Waals surface area contributed by atoms with Gasteiger partial charge in [-0.3, -0.25) is 0 Å². The third-order valence-electron chi connectivity index (χ3n) is 10.6. The number of nitrogens with zero attached hydrogens (tertiary/aromatic N) is 2. The van der Waals surface area contributed by atoms with Crippen LogP contribution in [0.15, 0.2) is 140 Å². The average molecular weight is 593 g/mol. The van der Waals surface area contributed by atoms with E-state index in [4.69, 9.17) is 6.58 Å². The molecule has 2 nitrogen and oxygen atoms in total. The first kappa shape index (κ1) is 27.0. The number of anilines is 6. The zero-order valence-electron chi connectivity index (χ0n) is 26.8. The molecule has 0 fully saturated rings. The van der Waals surface area contributed by atoms with Gasteiger partial charge in [-0.15, -0.1) is 0 Å². The van der Waals surface area contributed by atoms with E-state index in [1.165, 1.54) is 61.6 Å². The molecule has 0 unspecified atom stereocenters.